The number of amides is 1. The number of benzene rings is 1. The smallest absolute Gasteiger partial charge is 0.250 e. The molecule has 1 aromatic carbocycles. The topological polar surface area (TPSA) is 75.3 Å². The molecule has 2 aliphatic rings. The van der Waals surface area contributed by atoms with Gasteiger partial charge in [0.1, 0.15) is 5.54 Å². The normalized spacial score (nSPS) is 20.9. The first-order valence-corrected chi connectivity index (χ1v) is 8.74. The van der Waals surface area contributed by atoms with Gasteiger partial charge >= 0.3 is 0 Å². The first-order valence-electron chi connectivity index (χ1n) is 6.85. The third-order valence-corrected chi connectivity index (χ3v) is 5.32. The highest BCUT2D eigenvalue weighted by Crippen LogP contribution is 2.41. The molecule has 0 aromatic heterocycles. The van der Waals surface area contributed by atoms with E-state index in [9.17, 15) is 13.2 Å². The second-order valence-corrected chi connectivity index (χ2v) is 7.66. The monoisotopic (exact) mass is 294 g/mol. The standard InChI is InChI=1S/C14H18N2O3S/c1-20(18,19)11-7-5-6-10-12(11)15-13(17)14(16-10)8-3-2-4-9-14/h5-7,16H,2-4,8-9H2,1H3,(H,15,17). The van der Waals surface area contributed by atoms with Crippen LogP contribution < -0.4 is 10.6 Å². The van der Waals surface area contributed by atoms with Crippen molar-refractivity contribution in [3.05, 3.63) is 18.2 Å². The van der Waals surface area contributed by atoms with Crippen LogP contribution in [0.15, 0.2) is 23.1 Å². The molecule has 0 atom stereocenters. The molecule has 108 valence electrons. The van der Waals surface area contributed by atoms with Crippen LogP contribution in [0.4, 0.5) is 11.4 Å². The summed E-state index contributed by atoms with van der Waals surface area (Å²) < 4.78 is 23.6. The highest BCUT2D eigenvalue weighted by molar-refractivity contribution is 7.90. The minimum atomic E-state index is -3.36. The van der Waals surface area contributed by atoms with Crippen LogP contribution in [-0.4, -0.2) is 26.1 Å². The van der Waals surface area contributed by atoms with Crippen molar-refractivity contribution in [3.63, 3.8) is 0 Å². The van der Waals surface area contributed by atoms with Crippen LogP contribution in [0.25, 0.3) is 0 Å². The number of sulfone groups is 1. The zero-order chi connectivity index (χ0) is 14.4. The fourth-order valence-corrected chi connectivity index (χ4v) is 3.99. The van der Waals surface area contributed by atoms with Crippen molar-refractivity contribution in [2.45, 2.75) is 42.5 Å². The molecule has 1 spiro atoms. The average Bonchev–Trinajstić information content (AvgIpc) is 2.39. The lowest BCUT2D eigenvalue weighted by Gasteiger charge is -2.41. The SMILES string of the molecule is CS(=O)(=O)c1cccc2c1NC(=O)C1(CCCCC1)N2. The van der Waals surface area contributed by atoms with E-state index in [2.05, 4.69) is 10.6 Å². The van der Waals surface area contributed by atoms with Crippen molar-refractivity contribution in [1.29, 1.82) is 0 Å². The van der Waals surface area contributed by atoms with Crippen molar-refractivity contribution in [3.8, 4) is 0 Å². The van der Waals surface area contributed by atoms with E-state index < -0.39 is 15.4 Å². The molecule has 1 saturated carbocycles. The number of carbonyl (C=O) groups excluding carboxylic acids is 1. The number of hydrogen-bond donors (Lipinski definition) is 2. The van der Waals surface area contributed by atoms with E-state index in [4.69, 9.17) is 0 Å². The molecule has 1 amide bonds. The van der Waals surface area contributed by atoms with Crippen molar-refractivity contribution >= 4 is 27.1 Å². The van der Waals surface area contributed by atoms with Gasteiger partial charge in [-0.25, -0.2) is 8.42 Å². The summed E-state index contributed by atoms with van der Waals surface area (Å²) in [6, 6.07) is 5.05. The molecule has 1 aromatic rings. The number of rotatable bonds is 1. The summed E-state index contributed by atoms with van der Waals surface area (Å²) in [4.78, 5) is 12.6. The molecule has 1 aliphatic heterocycles. The third-order valence-electron chi connectivity index (χ3n) is 4.18. The maximum Gasteiger partial charge on any atom is 0.250 e. The lowest BCUT2D eigenvalue weighted by atomic mass is 9.79. The third kappa shape index (κ3) is 2.08. The molecule has 6 heteroatoms. The second kappa shape index (κ2) is 4.48. The van der Waals surface area contributed by atoms with Crippen LogP contribution in [0.2, 0.25) is 0 Å². The summed E-state index contributed by atoms with van der Waals surface area (Å²) in [5.74, 6) is -0.110. The molecule has 1 aliphatic carbocycles. The van der Waals surface area contributed by atoms with Gasteiger partial charge in [-0.15, -0.1) is 0 Å². The predicted molar refractivity (Wildman–Crippen MR) is 77.6 cm³/mol. The van der Waals surface area contributed by atoms with Crippen molar-refractivity contribution in [2.75, 3.05) is 16.9 Å². The summed E-state index contributed by atoms with van der Waals surface area (Å²) >= 11 is 0. The van der Waals surface area contributed by atoms with E-state index in [-0.39, 0.29) is 10.8 Å². The molecule has 3 rings (SSSR count). The Morgan fingerprint density at radius 3 is 2.50 bits per heavy atom. The number of hydrogen-bond acceptors (Lipinski definition) is 4. The van der Waals surface area contributed by atoms with Crippen molar-refractivity contribution < 1.29 is 13.2 Å². The number of anilines is 2. The first-order chi connectivity index (χ1) is 9.42. The quantitative estimate of drug-likeness (QED) is 0.832. The number of fused-ring (bicyclic) bond motifs is 1. The van der Waals surface area contributed by atoms with Gasteiger partial charge in [-0.05, 0) is 25.0 Å². The highest BCUT2D eigenvalue weighted by Gasteiger charge is 2.43. The van der Waals surface area contributed by atoms with Gasteiger partial charge in [0.15, 0.2) is 9.84 Å². The van der Waals surface area contributed by atoms with E-state index in [1.54, 1.807) is 6.07 Å². The number of para-hydroxylation sites is 1. The Bertz CT molecular complexity index is 661. The molecule has 0 unspecified atom stereocenters. The van der Waals surface area contributed by atoms with Gasteiger partial charge in [0, 0.05) is 6.26 Å². The molecule has 1 fully saturated rings. The fourth-order valence-electron chi connectivity index (χ4n) is 3.13. The first kappa shape index (κ1) is 13.4. The van der Waals surface area contributed by atoms with Gasteiger partial charge in [-0.2, -0.15) is 0 Å². The Hall–Kier alpha value is -1.56. The van der Waals surface area contributed by atoms with E-state index >= 15 is 0 Å². The maximum atomic E-state index is 12.4. The average molecular weight is 294 g/mol. The zero-order valence-corrected chi connectivity index (χ0v) is 12.2. The van der Waals surface area contributed by atoms with Crippen LogP contribution in [0.5, 0.6) is 0 Å². The lowest BCUT2D eigenvalue weighted by Crippen LogP contribution is -2.53. The van der Waals surface area contributed by atoms with Gasteiger partial charge in [0.25, 0.3) is 0 Å². The van der Waals surface area contributed by atoms with E-state index in [1.165, 1.54) is 6.07 Å². The van der Waals surface area contributed by atoms with Crippen LogP contribution in [0, 0.1) is 0 Å². The Kier molecular flexibility index (Phi) is 3.01. The molecular formula is C14H18N2O3S. The molecule has 2 N–H and O–H groups in total. The summed E-state index contributed by atoms with van der Waals surface area (Å²) in [5, 5.41) is 6.11. The van der Waals surface area contributed by atoms with Gasteiger partial charge in [-0.3, -0.25) is 4.79 Å². The summed E-state index contributed by atoms with van der Waals surface area (Å²) in [5.41, 5.74) is 0.520. The lowest BCUT2D eigenvalue weighted by molar-refractivity contribution is -0.121. The molecule has 5 nitrogen and oxygen atoms in total. The van der Waals surface area contributed by atoms with Crippen molar-refractivity contribution in [2.24, 2.45) is 0 Å². The van der Waals surface area contributed by atoms with Gasteiger partial charge in [0.2, 0.25) is 5.91 Å². The summed E-state index contributed by atoms with van der Waals surface area (Å²) in [6.45, 7) is 0. The highest BCUT2D eigenvalue weighted by atomic mass is 32.2. The molecule has 1 heterocycles. The number of carbonyl (C=O) groups is 1. The summed E-state index contributed by atoms with van der Waals surface area (Å²) in [7, 11) is -3.36. The Balaban J connectivity index is 2.07. The van der Waals surface area contributed by atoms with Crippen LogP contribution >= 0.6 is 0 Å². The van der Waals surface area contributed by atoms with Gasteiger partial charge in [0.05, 0.1) is 16.3 Å². The van der Waals surface area contributed by atoms with Gasteiger partial charge < -0.3 is 10.6 Å². The van der Waals surface area contributed by atoms with E-state index in [1.807, 2.05) is 6.07 Å². The van der Waals surface area contributed by atoms with Gasteiger partial charge in [-0.1, -0.05) is 25.3 Å². The van der Waals surface area contributed by atoms with E-state index in [0.717, 1.165) is 38.4 Å². The zero-order valence-electron chi connectivity index (χ0n) is 11.4. The Morgan fingerprint density at radius 1 is 1.15 bits per heavy atom. The molecule has 20 heavy (non-hydrogen) atoms. The molecule has 0 bridgehead atoms. The summed E-state index contributed by atoms with van der Waals surface area (Å²) in [6.07, 6.45) is 5.92. The Labute approximate surface area is 118 Å². The largest absolute Gasteiger partial charge is 0.369 e. The fraction of sp³-hybridized carbons (Fsp3) is 0.500. The molecule has 0 radical (unpaired) electrons. The Morgan fingerprint density at radius 2 is 1.85 bits per heavy atom. The van der Waals surface area contributed by atoms with Crippen LogP contribution in [-0.2, 0) is 14.6 Å². The predicted octanol–water partition coefficient (Wildman–Crippen LogP) is 2.16. The minimum absolute atomic E-state index is 0.110. The van der Waals surface area contributed by atoms with Crippen molar-refractivity contribution in [1.82, 2.24) is 0 Å². The maximum absolute atomic E-state index is 12.4. The van der Waals surface area contributed by atoms with Crippen LogP contribution in [0.3, 0.4) is 0 Å². The minimum Gasteiger partial charge on any atom is -0.369 e. The number of nitrogens with one attached hydrogen (secondary N) is 2. The second-order valence-electron chi connectivity index (χ2n) is 5.67. The van der Waals surface area contributed by atoms with E-state index in [0.29, 0.717) is 11.4 Å². The molecular weight excluding hydrogens is 276 g/mol. The van der Waals surface area contributed by atoms with Crippen LogP contribution in [0.1, 0.15) is 32.1 Å². The molecule has 0 saturated heterocycles.